The molecule has 1 fully saturated rings. The summed E-state index contributed by atoms with van der Waals surface area (Å²) in [5.74, 6) is -0.0252. The first-order valence-corrected chi connectivity index (χ1v) is 8.14. The molecule has 120 valence electrons. The molecule has 2 aromatic carbocycles. The van der Waals surface area contributed by atoms with Crippen molar-refractivity contribution in [2.75, 3.05) is 26.3 Å². The van der Waals surface area contributed by atoms with Crippen molar-refractivity contribution >= 4 is 16.7 Å². The zero-order valence-electron chi connectivity index (χ0n) is 13.3. The van der Waals surface area contributed by atoms with E-state index >= 15 is 0 Å². The van der Waals surface area contributed by atoms with Gasteiger partial charge in [0, 0.05) is 24.8 Å². The van der Waals surface area contributed by atoms with Crippen molar-refractivity contribution in [3.63, 3.8) is 0 Å². The first-order valence-electron chi connectivity index (χ1n) is 8.14. The van der Waals surface area contributed by atoms with Crippen molar-refractivity contribution in [2.45, 2.75) is 0 Å². The molecule has 0 aliphatic carbocycles. The summed E-state index contributed by atoms with van der Waals surface area (Å²) in [4.78, 5) is 18.7. The Morgan fingerprint density at radius 1 is 0.958 bits per heavy atom. The highest BCUT2D eigenvalue weighted by atomic mass is 16.5. The molecule has 2 heterocycles. The van der Waals surface area contributed by atoms with Crippen LogP contribution >= 0.6 is 0 Å². The van der Waals surface area contributed by atoms with Gasteiger partial charge in [-0.2, -0.15) is 0 Å². The first kappa shape index (κ1) is 14.8. The van der Waals surface area contributed by atoms with Gasteiger partial charge in [-0.1, -0.05) is 48.5 Å². The number of nitrogens with zero attached hydrogens (tertiary/aromatic N) is 2. The van der Waals surface area contributed by atoms with Gasteiger partial charge in [0.15, 0.2) is 0 Å². The number of fused-ring (bicyclic) bond motifs is 1. The second kappa shape index (κ2) is 6.42. The summed E-state index contributed by atoms with van der Waals surface area (Å²) in [6.07, 6.45) is 1.79. The molecule has 4 nitrogen and oxygen atoms in total. The Hall–Kier alpha value is -2.72. The molecule has 24 heavy (non-hydrogen) atoms. The second-order valence-electron chi connectivity index (χ2n) is 5.86. The number of carbonyl (C=O) groups excluding carboxylic acids is 1. The van der Waals surface area contributed by atoms with E-state index in [1.54, 1.807) is 11.1 Å². The van der Waals surface area contributed by atoms with Crippen molar-refractivity contribution in [1.82, 2.24) is 9.88 Å². The molecule has 1 amide bonds. The number of pyridine rings is 1. The Labute approximate surface area is 140 Å². The standard InChI is InChI=1S/C20H18N2O2/c23-20(22-10-12-24-13-11-22)19-9-8-16(14-21-19)18-7-3-5-15-4-1-2-6-17(15)18/h1-9,14H,10-13H2. The SMILES string of the molecule is O=C(c1ccc(-c2cccc3ccccc23)cn1)N1CCOCC1. The van der Waals surface area contributed by atoms with Crippen LogP contribution in [0.15, 0.2) is 60.8 Å². The predicted molar refractivity (Wildman–Crippen MR) is 93.9 cm³/mol. The Kier molecular flexibility index (Phi) is 3.97. The number of hydrogen-bond donors (Lipinski definition) is 0. The van der Waals surface area contributed by atoms with Crippen molar-refractivity contribution in [3.05, 3.63) is 66.5 Å². The molecule has 0 saturated carbocycles. The number of benzene rings is 2. The zero-order valence-corrected chi connectivity index (χ0v) is 13.3. The lowest BCUT2D eigenvalue weighted by Gasteiger charge is -2.26. The van der Waals surface area contributed by atoms with E-state index in [2.05, 4.69) is 29.2 Å². The number of aromatic nitrogens is 1. The fourth-order valence-electron chi connectivity index (χ4n) is 3.09. The molecule has 4 heteroatoms. The van der Waals surface area contributed by atoms with Crippen molar-refractivity contribution in [1.29, 1.82) is 0 Å². The maximum atomic E-state index is 12.5. The summed E-state index contributed by atoms with van der Waals surface area (Å²) in [7, 11) is 0. The lowest BCUT2D eigenvalue weighted by Crippen LogP contribution is -2.41. The molecule has 4 rings (SSSR count). The molecule has 3 aromatic rings. The van der Waals surface area contributed by atoms with E-state index in [1.807, 2.05) is 30.3 Å². The number of rotatable bonds is 2. The molecular weight excluding hydrogens is 300 g/mol. The minimum atomic E-state index is -0.0252. The third-order valence-electron chi connectivity index (χ3n) is 4.38. The Balaban J connectivity index is 1.64. The van der Waals surface area contributed by atoms with E-state index in [-0.39, 0.29) is 5.91 Å². The van der Waals surface area contributed by atoms with Crippen LogP contribution in [0.5, 0.6) is 0 Å². The maximum absolute atomic E-state index is 12.5. The Bertz CT molecular complexity index is 863. The van der Waals surface area contributed by atoms with Crippen LogP contribution < -0.4 is 0 Å². The van der Waals surface area contributed by atoms with Crippen molar-refractivity contribution < 1.29 is 9.53 Å². The van der Waals surface area contributed by atoms with E-state index in [4.69, 9.17) is 4.74 Å². The lowest BCUT2D eigenvalue weighted by atomic mass is 9.99. The van der Waals surface area contributed by atoms with Gasteiger partial charge >= 0.3 is 0 Å². The van der Waals surface area contributed by atoms with E-state index in [0.29, 0.717) is 32.0 Å². The molecule has 0 unspecified atom stereocenters. The van der Waals surface area contributed by atoms with Crippen LogP contribution in [0.1, 0.15) is 10.5 Å². The molecule has 1 aliphatic rings. The fourth-order valence-corrected chi connectivity index (χ4v) is 3.09. The Morgan fingerprint density at radius 3 is 2.54 bits per heavy atom. The maximum Gasteiger partial charge on any atom is 0.272 e. The molecule has 1 aromatic heterocycles. The van der Waals surface area contributed by atoms with Gasteiger partial charge in [-0.15, -0.1) is 0 Å². The molecule has 1 saturated heterocycles. The van der Waals surface area contributed by atoms with Gasteiger partial charge in [-0.25, -0.2) is 0 Å². The molecule has 0 bridgehead atoms. The minimum Gasteiger partial charge on any atom is -0.378 e. The summed E-state index contributed by atoms with van der Waals surface area (Å²) >= 11 is 0. The average Bonchev–Trinajstić information content (AvgIpc) is 2.68. The number of hydrogen-bond acceptors (Lipinski definition) is 3. The summed E-state index contributed by atoms with van der Waals surface area (Å²) in [6.45, 7) is 2.46. The van der Waals surface area contributed by atoms with Crippen LogP contribution in [0.2, 0.25) is 0 Å². The van der Waals surface area contributed by atoms with Crippen LogP contribution in [0.25, 0.3) is 21.9 Å². The largest absolute Gasteiger partial charge is 0.378 e. The molecule has 0 N–H and O–H groups in total. The van der Waals surface area contributed by atoms with E-state index in [1.165, 1.54) is 10.8 Å². The third kappa shape index (κ3) is 2.76. The van der Waals surface area contributed by atoms with Gasteiger partial charge in [0.25, 0.3) is 5.91 Å². The quantitative estimate of drug-likeness (QED) is 0.727. The molecule has 0 atom stereocenters. The van der Waals surface area contributed by atoms with Crippen LogP contribution in [0.4, 0.5) is 0 Å². The van der Waals surface area contributed by atoms with Gasteiger partial charge in [0.2, 0.25) is 0 Å². The Morgan fingerprint density at radius 2 is 1.75 bits per heavy atom. The van der Waals surface area contributed by atoms with Gasteiger partial charge in [-0.05, 0) is 22.4 Å². The van der Waals surface area contributed by atoms with Crippen molar-refractivity contribution in [2.24, 2.45) is 0 Å². The van der Waals surface area contributed by atoms with E-state index in [9.17, 15) is 4.79 Å². The summed E-state index contributed by atoms with van der Waals surface area (Å²) in [5.41, 5.74) is 2.64. The molecule has 0 radical (unpaired) electrons. The van der Waals surface area contributed by atoms with E-state index < -0.39 is 0 Å². The van der Waals surface area contributed by atoms with Gasteiger partial charge < -0.3 is 9.64 Å². The monoisotopic (exact) mass is 318 g/mol. The zero-order chi connectivity index (χ0) is 16.4. The van der Waals surface area contributed by atoms with Crippen molar-refractivity contribution in [3.8, 4) is 11.1 Å². The van der Waals surface area contributed by atoms with Gasteiger partial charge in [0.05, 0.1) is 13.2 Å². The average molecular weight is 318 g/mol. The molecule has 1 aliphatic heterocycles. The topological polar surface area (TPSA) is 42.4 Å². The summed E-state index contributed by atoms with van der Waals surface area (Å²) in [5, 5.41) is 2.39. The van der Waals surface area contributed by atoms with Crippen LogP contribution in [-0.2, 0) is 4.74 Å². The fraction of sp³-hybridized carbons (Fsp3) is 0.200. The third-order valence-corrected chi connectivity index (χ3v) is 4.38. The molecule has 0 spiro atoms. The van der Waals surface area contributed by atoms with Crippen LogP contribution in [-0.4, -0.2) is 42.1 Å². The van der Waals surface area contributed by atoms with E-state index in [0.717, 1.165) is 11.1 Å². The summed E-state index contributed by atoms with van der Waals surface area (Å²) < 4.78 is 5.29. The number of carbonyl (C=O) groups is 1. The highest BCUT2D eigenvalue weighted by molar-refractivity contribution is 5.97. The number of morpholine rings is 1. The highest BCUT2D eigenvalue weighted by Crippen LogP contribution is 2.28. The van der Waals surface area contributed by atoms with Crippen LogP contribution in [0.3, 0.4) is 0 Å². The van der Waals surface area contributed by atoms with Gasteiger partial charge in [0.1, 0.15) is 5.69 Å². The number of amides is 1. The predicted octanol–water partition coefficient (Wildman–Crippen LogP) is 3.37. The highest BCUT2D eigenvalue weighted by Gasteiger charge is 2.19. The minimum absolute atomic E-state index is 0.0252. The first-order chi connectivity index (χ1) is 11.8. The summed E-state index contributed by atoms with van der Waals surface area (Å²) in [6, 6.07) is 18.3. The number of ether oxygens (including phenoxy) is 1. The van der Waals surface area contributed by atoms with Gasteiger partial charge in [-0.3, -0.25) is 9.78 Å². The lowest BCUT2D eigenvalue weighted by molar-refractivity contribution is 0.0299. The molecular formula is C20H18N2O2. The normalized spacial score (nSPS) is 14.8. The van der Waals surface area contributed by atoms with Crippen LogP contribution in [0, 0.1) is 0 Å². The smallest absolute Gasteiger partial charge is 0.272 e. The second-order valence-corrected chi connectivity index (χ2v) is 5.86.